The highest BCUT2D eigenvalue weighted by Gasteiger charge is 2.12. The van der Waals surface area contributed by atoms with E-state index < -0.39 is 5.97 Å². The standard InChI is InChI=1S/C16H21N3O7/c1-23-4-5-24-6-7-25-8-9-26-12-2-3-13(14(20)10-12)19-11-17-15(18-19)16(21)22/h2-3,10-11,20H,4-9H2,1H3,(H,21,22). The van der Waals surface area contributed by atoms with E-state index in [4.69, 9.17) is 24.1 Å². The molecule has 0 spiro atoms. The van der Waals surface area contributed by atoms with E-state index in [-0.39, 0.29) is 11.6 Å². The zero-order valence-corrected chi connectivity index (χ0v) is 14.3. The van der Waals surface area contributed by atoms with Gasteiger partial charge >= 0.3 is 5.97 Å². The van der Waals surface area contributed by atoms with Crippen LogP contribution in [0.15, 0.2) is 24.5 Å². The number of benzene rings is 1. The Kier molecular flexibility index (Phi) is 7.80. The van der Waals surface area contributed by atoms with Gasteiger partial charge in [0.05, 0.1) is 33.0 Å². The van der Waals surface area contributed by atoms with Gasteiger partial charge in [0.1, 0.15) is 30.1 Å². The Labute approximate surface area is 149 Å². The summed E-state index contributed by atoms with van der Waals surface area (Å²) in [5.74, 6) is -1.26. The van der Waals surface area contributed by atoms with Gasteiger partial charge in [-0.3, -0.25) is 0 Å². The van der Waals surface area contributed by atoms with Gasteiger partial charge in [0.25, 0.3) is 5.82 Å². The second-order valence-corrected chi connectivity index (χ2v) is 5.03. The molecule has 0 aliphatic rings. The minimum Gasteiger partial charge on any atom is -0.506 e. The van der Waals surface area contributed by atoms with Crippen molar-refractivity contribution < 1.29 is 34.0 Å². The Bertz CT molecular complexity index is 705. The zero-order chi connectivity index (χ0) is 18.8. The Balaban J connectivity index is 1.74. The third kappa shape index (κ3) is 5.99. The van der Waals surface area contributed by atoms with Gasteiger partial charge in [-0.25, -0.2) is 14.5 Å². The minimum atomic E-state index is -1.24. The van der Waals surface area contributed by atoms with E-state index >= 15 is 0 Å². The smallest absolute Gasteiger partial charge is 0.375 e. The lowest BCUT2D eigenvalue weighted by Crippen LogP contribution is -2.12. The van der Waals surface area contributed by atoms with Crippen LogP contribution in [-0.4, -0.2) is 77.7 Å². The first-order valence-electron chi connectivity index (χ1n) is 7.87. The van der Waals surface area contributed by atoms with E-state index in [9.17, 15) is 9.90 Å². The SMILES string of the molecule is COCCOCCOCCOc1ccc(-n2cnc(C(=O)O)n2)c(O)c1. The zero-order valence-electron chi connectivity index (χ0n) is 14.3. The van der Waals surface area contributed by atoms with Gasteiger partial charge in [0, 0.05) is 13.2 Å². The van der Waals surface area contributed by atoms with Crippen molar-refractivity contribution >= 4 is 5.97 Å². The fourth-order valence-electron chi connectivity index (χ4n) is 1.95. The largest absolute Gasteiger partial charge is 0.506 e. The summed E-state index contributed by atoms with van der Waals surface area (Å²) in [7, 11) is 1.61. The van der Waals surface area contributed by atoms with E-state index in [1.54, 1.807) is 19.2 Å². The fourth-order valence-corrected chi connectivity index (χ4v) is 1.95. The molecule has 0 aliphatic carbocycles. The van der Waals surface area contributed by atoms with Crippen molar-refractivity contribution in [3.8, 4) is 17.2 Å². The van der Waals surface area contributed by atoms with E-state index in [1.807, 2.05) is 0 Å². The first kappa shape index (κ1) is 19.6. The molecule has 1 heterocycles. The number of hydrogen-bond acceptors (Lipinski definition) is 8. The predicted octanol–water partition coefficient (Wildman–Crippen LogP) is 0.729. The Morgan fingerprint density at radius 1 is 1.12 bits per heavy atom. The summed E-state index contributed by atoms with van der Waals surface area (Å²) in [6, 6.07) is 4.59. The number of carbonyl (C=O) groups is 1. The van der Waals surface area contributed by atoms with Crippen LogP contribution in [0.3, 0.4) is 0 Å². The van der Waals surface area contributed by atoms with Gasteiger partial charge in [-0.15, -0.1) is 5.10 Å². The molecule has 10 nitrogen and oxygen atoms in total. The molecule has 2 rings (SSSR count). The maximum atomic E-state index is 10.8. The number of rotatable bonds is 12. The van der Waals surface area contributed by atoms with Gasteiger partial charge < -0.3 is 29.2 Å². The summed E-state index contributed by atoms with van der Waals surface area (Å²) in [6.45, 7) is 2.70. The second kappa shape index (κ2) is 10.3. The number of phenols is 1. The molecule has 10 heteroatoms. The third-order valence-electron chi connectivity index (χ3n) is 3.18. The van der Waals surface area contributed by atoms with Crippen LogP contribution >= 0.6 is 0 Å². The monoisotopic (exact) mass is 367 g/mol. The van der Waals surface area contributed by atoms with Gasteiger partial charge in [-0.1, -0.05) is 0 Å². The van der Waals surface area contributed by atoms with Crippen LogP contribution < -0.4 is 4.74 Å². The topological polar surface area (TPSA) is 125 Å². The molecule has 0 amide bonds. The molecule has 0 saturated heterocycles. The van der Waals surface area contributed by atoms with Crippen LogP contribution in [-0.2, 0) is 14.2 Å². The summed E-state index contributed by atoms with van der Waals surface area (Å²) < 4.78 is 22.1. The molecule has 0 bridgehead atoms. The van der Waals surface area contributed by atoms with E-state index in [1.165, 1.54) is 17.1 Å². The average molecular weight is 367 g/mol. The van der Waals surface area contributed by atoms with E-state index in [0.717, 1.165) is 0 Å². The van der Waals surface area contributed by atoms with Gasteiger partial charge in [-0.2, -0.15) is 0 Å². The number of ether oxygens (including phenoxy) is 4. The predicted molar refractivity (Wildman–Crippen MR) is 89.0 cm³/mol. The Hall–Kier alpha value is -2.69. The van der Waals surface area contributed by atoms with Crippen molar-refractivity contribution in [1.29, 1.82) is 0 Å². The molecule has 0 unspecified atom stereocenters. The van der Waals surface area contributed by atoms with Crippen LogP contribution in [0, 0.1) is 0 Å². The van der Waals surface area contributed by atoms with Crippen LogP contribution in [0.4, 0.5) is 0 Å². The van der Waals surface area contributed by atoms with Gasteiger partial charge in [0.15, 0.2) is 0 Å². The number of nitrogens with zero attached hydrogens (tertiary/aromatic N) is 3. The maximum Gasteiger partial charge on any atom is 0.375 e. The number of methoxy groups -OCH3 is 1. The molecule has 26 heavy (non-hydrogen) atoms. The summed E-state index contributed by atoms with van der Waals surface area (Å²) in [4.78, 5) is 14.4. The average Bonchev–Trinajstić information content (AvgIpc) is 3.10. The Morgan fingerprint density at radius 2 is 1.81 bits per heavy atom. The van der Waals surface area contributed by atoms with Crippen molar-refractivity contribution in [1.82, 2.24) is 14.8 Å². The summed E-state index contributed by atoms with van der Waals surface area (Å²) in [5.41, 5.74) is 0.293. The van der Waals surface area contributed by atoms with Crippen molar-refractivity contribution in [2.24, 2.45) is 0 Å². The number of carboxylic acids is 1. The number of phenolic OH excluding ortho intramolecular Hbond substituents is 1. The fraction of sp³-hybridized carbons (Fsp3) is 0.438. The Morgan fingerprint density at radius 3 is 2.42 bits per heavy atom. The van der Waals surface area contributed by atoms with Crippen LogP contribution in [0.5, 0.6) is 11.5 Å². The molecule has 2 N–H and O–H groups in total. The molecule has 0 radical (unpaired) electrons. The number of carboxylic acid groups (broad SMARTS) is 1. The van der Waals surface area contributed by atoms with Gasteiger partial charge in [-0.05, 0) is 12.1 Å². The van der Waals surface area contributed by atoms with Crippen molar-refractivity contribution in [3.05, 3.63) is 30.4 Å². The molecule has 0 saturated carbocycles. The first-order valence-corrected chi connectivity index (χ1v) is 7.87. The summed E-state index contributed by atoms with van der Waals surface area (Å²) in [6.07, 6.45) is 1.21. The highest BCUT2D eigenvalue weighted by Crippen LogP contribution is 2.26. The van der Waals surface area contributed by atoms with Crippen molar-refractivity contribution in [2.75, 3.05) is 46.8 Å². The lowest BCUT2D eigenvalue weighted by molar-refractivity contribution is 0.0179. The number of aromatic nitrogens is 3. The summed E-state index contributed by atoms with van der Waals surface area (Å²) >= 11 is 0. The van der Waals surface area contributed by atoms with Gasteiger partial charge in [0.2, 0.25) is 0 Å². The second-order valence-electron chi connectivity index (χ2n) is 5.03. The lowest BCUT2D eigenvalue weighted by Gasteiger charge is -2.09. The van der Waals surface area contributed by atoms with Crippen LogP contribution in [0.2, 0.25) is 0 Å². The highest BCUT2D eigenvalue weighted by molar-refractivity contribution is 5.82. The highest BCUT2D eigenvalue weighted by atomic mass is 16.6. The quantitative estimate of drug-likeness (QED) is 0.522. The molecule has 142 valence electrons. The van der Waals surface area contributed by atoms with E-state index in [2.05, 4.69) is 10.1 Å². The molecular formula is C16H21N3O7. The molecule has 2 aromatic rings. The number of hydrogen-bond donors (Lipinski definition) is 2. The number of aromatic hydroxyl groups is 1. The molecule has 1 aromatic heterocycles. The molecule has 0 atom stereocenters. The first-order chi connectivity index (χ1) is 12.6. The number of aromatic carboxylic acids is 1. The maximum absolute atomic E-state index is 10.8. The minimum absolute atomic E-state index is 0.114. The van der Waals surface area contributed by atoms with Crippen molar-refractivity contribution in [2.45, 2.75) is 0 Å². The van der Waals surface area contributed by atoms with Crippen LogP contribution in [0.1, 0.15) is 10.6 Å². The third-order valence-corrected chi connectivity index (χ3v) is 3.18. The lowest BCUT2D eigenvalue weighted by atomic mass is 10.3. The summed E-state index contributed by atoms with van der Waals surface area (Å²) in [5, 5.41) is 22.6. The molecule has 0 aliphatic heterocycles. The van der Waals surface area contributed by atoms with E-state index in [0.29, 0.717) is 51.1 Å². The van der Waals surface area contributed by atoms with Crippen LogP contribution in [0.25, 0.3) is 5.69 Å². The molecule has 0 fully saturated rings. The van der Waals surface area contributed by atoms with Crippen molar-refractivity contribution in [3.63, 3.8) is 0 Å². The normalized spacial score (nSPS) is 10.8. The molecular weight excluding hydrogens is 346 g/mol. The molecule has 1 aromatic carbocycles.